The number of amides is 3. The molecule has 1 aromatic rings. The Morgan fingerprint density at radius 1 is 1.26 bits per heavy atom. The quantitative estimate of drug-likeness (QED) is 0.528. The minimum Gasteiger partial charge on any atom is -0.494 e. The lowest BCUT2D eigenvalue weighted by atomic mass is 9.62. The SMILES string of the molecule is CCOc1ccc(NC(=O)[C@H]2[C@H]3C(=O)N(CCO)C(C(=O)NC(C)C)C34CC(C)[C@]2(C)O4)cc1. The van der Waals surface area contributed by atoms with Gasteiger partial charge in [0, 0.05) is 18.3 Å². The topological polar surface area (TPSA) is 117 Å². The van der Waals surface area contributed by atoms with Crippen molar-refractivity contribution in [2.24, 2.45) is 17.8 Å². The molecule has 0 aliphatic carbocycles. The minimum atomic E-state index is -1.11. The van der Waals surface area contributed by atoms with Crippen LogP contribution in [0.5, 0.6) is 5.75 Å². The summed E-state index contributed by atoms with van der Waals surface area (Å²) in [6, 6.07) is 6.04. The number of ether oxygens (including phenoxy) is 2. The average Bonchev–Trinajstić information content (AvgIpc) is 3.27. The van der Waals surface area contributed by atoms with Crippen molar-refractivity contribution in [2.45, 2.75) is 64.3 Å². The summed E-state index contributed by atoms with van der Waals surface area (Å²) < 4.78 is 12.0. The number of aliphatic hydroxyl groups is 1. The Hall–Kier alpha value is -2.65. The summed E-state index contributed by atoms with van der Waals surface area (Å²) in [7, 11) is 0. The number of hydrogen-bond acceptors (Lipinski definition) is 6. The number of anilines is 1. The smallest absolute Gasteiger partial charge is 0.246 e. The first kappa shape index (κ1) is 24.5. The number of rotatable bonds is 8. The van der Waals surface area contributed by atoms with Gasteiger partial charge in [-0.25, -0.2) is 0 Å². The second kappa shape index (κ2) is 8.85. The van der Waals surface area contributed by atoms with Gasteiger partial charge in [-0.15, -0.1) is 0 Å². The van der Waals surface area contributed by atoms with E-state index in [1.54, 1.807) is 24.3 Å². The van der Waals surface area contributed by atoms with Crippen molar-refractivity contribution in [3.05, 3.63) is 24.3 Å². The number of hydrogen-bond donors (Lipinski definition) is 3. The van der Waals surface area contributed by atoms with E-state index >= 15 is 0 Å². The zero-order valence-corrected chi connectivity index (χ0v) is 20.5. The summed E-state index contributed by atoms with van der Waals surface area (Å²) in [5.74, 6) is -1.86. The van der Waals surface area contributed by atoms with E-state index in [4.69, 9.17) is 9.47 Å². The van der Waals surface area contributed by atoms with Crippen LogP contribution in [0.15, 0.2) is 24.3 Å². The van der Waals surface area contributed by atoms with Gasteiger partial charge in [-0.1, -0.05) is 6.92 Å². The highest BCUT2D eigenvalue weighted by Gasteiger charge is 2.79. The third-order valence-electron chi connectivity index (χ3n) is 7.55. The maximum Gasteiger partial charge on any atom is 0.246 e. The molecule has 3 saturated heterocycles. The number of carbonyl (C=O) groups is 3. The number of nitrogens with one attached hydrogen (secondary N) is 2. The van der Waals surface area contributed by atoms with Gasteiger partial charge < -0.3 is 30.1 Å². The molecule has 9 nitrogen and oxygen atoms in total. The number of benzene rings is 1. The van der Waals surface area contributed by atoms with Crippen LogP contribution < -0.4 is 15.4 Å². The summed E-state index contributed by atoms with van der Waals surface area (Å²) in [4.78, 5) is 42.0. The number of carbonyl (C=O) groups excluding carboxylic acids is 3. The summed E-state index contributed by atoms with van der Waals surface area (Å²) in [6.45, 7) is 9.74. The fraction of sp³-hybridized carbons (Fsp3) is 0.640. The van der Waals surface area contributed by atoms with Crippen molar-refractivity contribution in [1.82, 2.24) is 10.2 Å². The molecule has 1 spiro atoms. The second-order valence-corrected chi connectivity index (χ2v) is 10.1. The Balaban J connectivity index is 1.68. The lowest BCUT2D eigenvalue weighted by Gasteiger charge is -2.36. The number of β-amino-alcohol motifs (C(OH)–C–C–N with tert-alkyl or cyclic N) is 1. The van der Waals surface area contributed by atoms with Crippen LogP contribution in [0, 0.1) is 17.8 Å². The van der Waals surface area contributed by atoms with Crippen molar-refractivity contribution in [3.8, 4) is 5.75 Å². The van der Waals surface area contributed by atoms with Gasteiger partial charge in [0.1, 0.15) is 17.4 Å². The molecule has 0 saturated carbocycles. The van der Waals surface area contributed by atoms with E-state index in [9.17, 15) is 19.5 Å². The molecule has 1 aromatic carbocycles. The van der Waals surface area contributed by atoms with E-state index < -0.39 is 29.1 Å². The first-order valence-corrected chi connectivity index (χ1v) is 12.0. The molecular formula is C25H35N3O6. The van der Waals surface area contributed by atoms with E-state index in [0.717, 1.165) is 0 Å². The van der Waals surface area contributed by atoms with Gasteiger partial charge in [0.05, 0.1) is 30.7 Å². The summed E-state index contributed by atoms with van der Waals surface area (Å²) in [5, 5.41) is 15.5. The van der Waals surface area contributed by atoms with Crippen LogP contribution in [-0.2, 0) is 19.1 Å². The summed E-state index contributed by atoms with van der Waals surface area (Å²) in [5.41, 5.74) is -1.41. The maximum absolute atomic E-state index is 13.7. The molecule has 3 N–H and O–H groups in total. The minimum absolute atomic E-state index is 0.00888. The molecule has 3 heterocycles. The van der Waals surface area contributed by atoms with Crippen LogP contribution in [0.4, 0.5) is 5.69 Å². The largest absolute Gasteiger partial charge is 0.494 e. The van der Waals surface area contributed by atoms with Gasteiger partial charge in [-0.3, -0.25) is 14.4 Å². The fourth-order valence-electron chi connectivity index (χ4n) is 6.17. The van der Waals surface area contributed by atoms with Crippen LogP contribution in [0.3, 0.4) is 0 Å². The Morgan fingerprint density at radius 3 is 2.53 bits per heavy atom. The van der Waals surface area contributed by atoms with Gasteiger partial charge >= 0.3 is 0 Å². The normalized spacial score (nSPS) is 33.9. The molecule has 3 amide bonds. The third-order valence-corrected chi connectivity index (χ3v) is 7.55. The lowest BCUT2D eigenvalue weighted by Crippen LogP contribution is -2.57. The molecular weight excluding hydrogens is 438 g/mol. The molecule has 0 aromatic heterocycles. The number of likely N-dealkylation sites (tertiary alicyclic amines) is 1. The second-order valence-electron chi connectivity index (χ2n) is 10.1. The van der Waals surface area contributed by atoms with Crippen LogP contribution >= 0.6 is 0 Å². The van der Waals surface area contributed by atoms with Gasteiger partial charge in [-0.05, 0) is 64.3 Å². The molecule has 9 heteroatoms. The predicted molar refractivity (Wildman–Crippen MR) is 125 cm³/mol. The Bertz CT molecular complexity index is 966. The van der Waals surface area contributed by atoms with E-state index in [0.29, 0.717) is 24.5 Å². The van der Waals surface area contributed by atoms with Gasteiger partial charge in [0.25, 0.3) is 0 Å². The molecule has 3 unspecified atom stereocenters. The molecule has 34 heavy (non-hydrogen) atoms. The molecule has 0 radical (unpaired) electrons. The highest BCUT2D eigenvalue weighted by atomic mass is 16.5. The Kier molecular flexibility index (Phi) is 6.37. The van der Waals surface area contributed by atoms with Crippen molar-refractivity contribution in [3.63, 3.8) is 0 Å². The highest BCUT2D eigenvalue weighted by Crippen LogP contribution is 2.65. The lowest BCUT2D eigenvalue weighted by molar-refractivity contribution is -0.146. The third kappa shape index (κ3) is 3.65. The molecule has 186 valence electrons. The van der Waals surface area contributed by atoms with Crippen LogP contribution in [0.2, 0.25) is 0 Å². The molecule has 3 fully saturated rings. The summed E-state index contributed by atoms with van der Waals surface area (Å²) >= 11 is 0. The highest BCUT2D eigenvalue weighted by molar-refractivity contribution is 6.02. The standard InChI is InChI=1S/C25H35N3O6/c1-6-33-17-9-7-16(8-10-17)27-21(30)18-19-23(32)28(11-12-29)20(22(31)26-14(2)3)25(19)13-15(4)24(18,5)34-25/h7-10,14-15,18-20,29H,6,11-13H2,1-5H3,(H,26,31)(H,27,30)/t15?,18-,19+,20?,24+,25?/m1/s1. The van der Waals surface area contributed by atoms with Crippen LogP contribution in [0.25, 0.3) is 0 Å². The molecule has 2 bridgehead atoms. The van der Waals surface area contributed by atoms with Gasteiger partial charge in [-0.2, -0.15) is 0 Å². The van der Waals surface area contributed by atoms with Crippen LogP contribution in [0.1, 0.15) is 41.0 Å². The van der Waals surface area contributed by atoms with E-state index in [-0.39, 0.29) is 42.8 Å². The molecule has 6 atom stereocenters. The fourth-order valence-corrected chi connectivity index (χ4v) is 6.17. The van der Waals surface area contributed by atoms with Gasteiger partial charge in [0.2, 0.25) is 17.7 Å². The predicted octanol–water partition coefficient (Wildman–Crippen LogP) is 1.55. The maximum atomic E-state index is 13.7. The molecule has 3 aliphatic heterocycles. The van der Waals surface area contributed by atoms with Crippen molar-refractivity contribution in [1.29, 1.82) is 0 Å². The summed E-state index contributed by atoms with van der Waals surface area (Å²) in [6.07, 6.45) is 0.491. The van der Waals surface area contributed by atoms with Crippen LogP contribution in [-0.4, -0.2) is 70.8 Å². The average molecular weight is 474 g/mol. The number of nitrogens with zero attached hydrogens (tertiary/aromatic N) is 1. The van der Waals surface area contributed by atoms with Crippen molar-refractivity contribution >= 4 is 23.4 Å². The molecule has 4 rings (SSSR count). The zero-order valence-electron chi connectivity index (χ0n) is 20.5. The van der Waals surface area contributed by atoms with Crippen molar-refractivity contribution in [2.75, 3.05) is 25.1 Å². The Morgan fingerprint density at radius 2 is 1.94 bits per heavy atom. The van der Waals surface area contributed by atoms with E-state index in [2.05, 4.69) is 10.6 Å². The monoisotopic (exact) mass is 473 g/mol. The van der Waals surface area contributed by atoms with E-state index in [1.165, 1.54) is 4.90 Å². The van der Waals surface area contributed by atoms with E-state index in [1.807, 2.05) is 34.6 Å². The number of fused-ring (bicyclic) bond motifs is 1. The number of aliphatic hydroxyl groups excluding tert-OH is 1. The molecule has 3 aliphatic rings. The van der Waals surface area contributed by atoms with Crippen molar-refractivity contribution < 1.29 is 29.0 Å². The van der Waals surface area contributed by atoms with Gasteiger partial charge in [0.15, 0.2) is 0 Å². The first-order chi connectivity index (χ1) is 16.1. The first-order valence-electron chi connectivity index (χ1n) is 12.0. The Labute approximate surface area is 200 Å². The zero-order chi connectivity index (χ0) is 24.8.